The van der Waals surface area contributed by atoms with Gasteiger partial charge in [-0.3, -0.25) is 4.79 Å². The van der Waals surface area contributed by atoms with Crippen molar-refractivity contribution in [2.75, 3.05) is 6.54 Å². The van der Waals surface area contributed by atoms with E-state index in [2.05, 4.69) is 11.6 Å². The highest BCUT2D eigenvalue weighted by atomic mass is 32.2. The molecule has 0 aliphatic heterocycles. The number of hydrogen-bond donors (Lipinski definition) is 1. The van der Waals surface area contributed by atoms with Gasteiger partial charge in [-0.2, -0.15) is 0 Å². The summed E-state index contributed by atoms with van der Waals surface area (Å²) in [4.78, 5) is 12.1. The van der Waals surface area contributed by atoms with Gasteiger partial charge >= 0.3 is 0 Å². The van der Waals surface area contributed by atoms with Gasteiger partial charge in [0.15, 0.2) is 5.78 Å². The number of unbranched alkanes of at least 4 members (excludes halogenated alkanes) is 3. The second-order valence-corrected chi connectivity index (χ2v) is 7.39. The lowest BCUT2D eigenvalue weighted by Gasteiger charge is -2.07. The van der Waals surface area contributed by atoms with Gasteiger partial charge in [0.1, 0.15) is 0 Å². The Balaban J connectivity index is 1.91. The maximum Gasteiger partial charge on any atom is 0.240 e. The largest absolute Gasteiger partial charge is 0.294 e. The van der Waals surface area contributed by atoms with Gasteiger partial charge in [-0.15, -0.1) is 0 Å². The van der Waals surface area contributed by atoms with Crippen LogP contribution in [-0.2, 0) is 10.0 Å². The molecule has 0 atom stereocenters. The van der Waals surface area contributed by atoms with E-state index in [9.17, 15) is 13.2 Å². The van der Waals surface area contributed by atoms with Crippen molar-refractivity contribution in [2.24, 2.45) is 5.92 Å². The fraction of sp³-hybridized carbons (Fsp3) is 0.562. The minimum atomic E-state index is -3.46. The standard InChI is InChI=1S/C16H23NO3S/c1-2-3-4-5-12-17-21(19,20)15-10-8-14(9-11-15)16(18)13-6-7-13/h8-11,13,17H,2-7,12H2,1H3. The van der Waals surface area contributed by atoms with Crippen LogP contribution in [0.5, 0.6) is 0 Å². The zero-order chi connectivity index (χ0) is 15.3. The van der Waals surface area contributed by atoms with Gasteiger partial charge < -0.3 is 0 Å². The summed E-state index contributed by atoms with van der Waals surface area (Å²) in [7, 11) is -3.46. The van der Waals surface area contributed by atoms with Crippen LogP contribution in [-0.4, -0.2) is 20.7 Å². The molecule has 1 aromatic rings. The molecule has 4 nitrogen and oxygen atoms in total. The number of rotatable bonds is 9. The van der Waals surface area contributed by atoms with Crippen LogP contribution < -0.4 is 4.72 Å². The predicted octanol–water partition coefficient (Wildman–Crippen LogP) is 3.14. The Hall–Kier alpha value is -1.20. The van der Waals surface area contributed by atoms with Gasteiger partial charge in [0.2, 0.25) is 10.0 Å². The summed E-state index contributed by atoms with van der Waals surface area (Å²) < 4.78 is 26.8. The van der Waals surface area contributed by atoms with Crippen LogP contribution >= 0.6 is 0 Å². The van der Waals surface area contributed by atoms with Gasteiger partial charge in [-0.1, -0.05) is 38.3 Å². The highest BCUT2D eigenvalue weighted by Gasteiger charge is 2.30. The normalized spacial score (nSPS) is 15.1. The quantitative estimate of drug-likeness (QED) is 0.563. The first kappa shape index (κ1) is 16.2. The van der Waals surface area contributed by atoms with Gasteiger partial charge in [-0.25, -0.2) is 13.1 Å². The Labute approximate surface area is 127 Å². The Morgan fingerprint density at radius 2 is 1.81 bits per heavy atom. The van der Waals surface area contributed by atoms with Gasteiger partial charge in [-0.05, 0) is 31.4 Å². The molecule has 0 saturated heterocycles. The summed E-state index contributed by atoms with van der Waals surface area (Å²) in [6.07, 6.45) is 6.05. The van der Waals surface area contributed by atoms with Crippen molar-refractivity contribution in [3.8, 4) is 0 Å². The van der Waals surface area contributed by atoms with Crippen molar-refractivity contribution < 1.29 is 13.2 Å². The molecule has 1 fully saturated rings. The van der Waals surface area contributed by atoms with E-state index >= 15 is 0 Å². The molecule has 0 radical (unpaired) electrons. The molecule has 0 aromatic heterocycles. The minimum Gasteiger partial charge on any atom is -0.294 e. The number of sulfonamides is 1. The average Bonchev–Trinajstić information content (AvgIpc) is 3.31. The molecule has 1 aliphatic rings. The predicted molar refractivity (Wildman–Crippen MR) is 82.8 cm³/mol. The molecule has 0 bridgehead atoms. The van der Waals surface area contributed by atoms with Gasteiger partial charge in [0.05, 0.1) is 4.90 Å². The molecule has 5 heteroatoms. The molecule has 1 aromatic carbocycles. The van der Waals surface area contributed by atoms with Crippen molar-refractivity contribution in [3.05, 3.63) is 29.8 Å². The second-order valence-electron chi connectivity index (χ2n) is 5.62. The summed E-state index contributed by atoms with van der Waals surface area (Å²) in [6, 6.07) is 6.27. The average molecular weight is 309 g/mol. The molecular formula is C16H23NO3S. The molecular weight excluding hydrogens is 286 g/mol. The molecule has 1 saturated carbocycles. The Morgan fingerprint density at radius 3 is 2.38 bits per heavy atom. The number of ketones is 1. The van der Waals surface area contributed by atoms with E-state index in [-0.39, 0.29) is 16.6 Å². The third-order valence-electron chi connectivity index (χ3n) is 3.72. The lowest BCUT2D eigenvalue weighted by atomic mass is 10.1. The summed E-state index contributed by atoms with van der Waals surface area (Å²) in [5.74, 6) is 0.288. The van der Waals surface area contributed by atoms with Crippen LogP contribution in [0.2, 0.25) is 0 Å². The van der Waals surface area contributed by atoms with E-state index in [1.807, 2.05) is 0 Å². The minimum absolute atomic E-state index is 0.131. The highest BCUT2D eigenvalue weighted by molar-refractivity contribution is 7.89. The van der Waals surface area contributed by atoms with E-state index in [1.165, 1.54) is 12.1 Å². The first-order valence-electron chi connectivity index (χ1n) is 7.68. The fourth-order valence-electron chi connectivity index (χ4n) is 2.22. The van der Waals surface area contributed by atoms with Crippen molar-refractivity contribution in [1.29, 1.82) is 0 Å². The zero-order valence-corrected chi connectivity index (χ0v) is 13.3. The monoisotopic (exact) mass is 309 g/mol. The highest BCUT2D eigenvalue weighted by Crippen LogP contribution is 2.32. The SMILES string of the molecule is CCCCCCNS(=O)(=O)c1ccc(C(=O)C2CC2)cc1. The lowest BCUT2D eigenvalue weighted by molar-refractivity contribution is 0.0967. The molecule has 0 spiro atoms. The molecule has 1 aliphatic carbocycles. The maximum absolute atomic E-state index is 12.1. The summed E-state index contributed by atoms with van der Waals surface area (Å²) in [5.41, 5.74) is 0.611. The molecule has 0 heterocycles. The van der Waals surface area contributed by atoms with Crippen LogP contribution in [0.3, 0.4) is 0 Å². The summed E-state index contributed by atoms with van der Waals surface area (Å²) in [5, 5.41) is 0. The van der Waals surface area contributed by atoms with Crippen LogP contribution in [0.1, 0.15) is 55.8 Å². The van der Waals surface area contributed by atoms with Crippen LogP contribution in [0.15, 0.2) is 29.2 Å². The number of carbonyl (C=O) groups excluding carboxylic acids is 1. The summed E-state index contributed by atoms with van der Waals surface area (Å²) in [6.45, 7) is 2.58. The smallest absolute Gasteiger partial charge is 0.240 e. The lowest BCUT2D eigenvalue weighted by Crippen LogP contribution is -2.24. The van der Waals surface area contributed by atoms with Gasteiger partial charge in [0.25, 0.3) is 0 Å². The maximum atomic E-state index is 12.1. The summed E-state index contributed by atoms with van der Waals surface area (Å²) >= 11 is 0. The number of Topliss-reactive ketones (excluding diaryl/α,β-unsaturated/α-hetero) is 1. The molecule has 116 valence electrons. The van der Waals surface area contributed by atoms with Crippen molar-refractivity contribution >= 4 is 15.8 Å². The van der Waals surface area contributed by atoms with Crippen LogP contribution in [0.25, 0.3) is 0 Å². The Bertz CT molecular complexity index is 574. The molecule has 0 amide bonds. The molecule has 1 N–H and O–H groups in total. The van der Waals surface area contributed by atoms with E-state index in [0.29, 0.717) is 12.1 Å². The zero-order valence-electron chi connectivity index (χ0n) is 12.5. The number of nitrogens with one attached hydrogen (secondary N) is 1. The Morgan fingerprint density at radius 1 is 1.14 bits per heavy atom. The number of benzene rings is 1. The van der Waals surface area contributed by atoms with Gasteiger partial charge in [0, 0.05) is 18.0 Å². The fourth-order valence-corrected chi connectivity index (χ4v) is 3.30. The topological polar surface area (TPSA) is 63.2 Å². The number of carbonyl (C=O) groups is 1. The van der Waals surface area contributed by atoms with Crippen LogP contribution in [0.4, 0.5) is 0 Å². The second kappa shape index (κ2) is 7.18. The molecule has 21 heavy (non-hydrogen) atoms. The Kier molecular flexibility index (Phi) is 5.53. The van der Waals surface area contributed by atoms with Crippen molar-refractivity contribution in [1.82, 2.24) is 4.72 Å². The molecule has 2 rings (SSSR count). The third-order valence-corrected chi connectivity index (χ3v) is 5.20. The van der Waals surface area contributed by atoms with Crippen LogP contribution in [0, 0.1) is 5.92 Å². The van der Waals surface area contributed by atoms with Crippen molar-refractivity contribution in [3.63, 3.8) is 0 Å². The van der Waals surface area contributed by atoms with E-state index < -0.39 is 10.0 Å². The molecule has 0 unspecified atom stereocenters. The van der Waals surface area contributed by atoms with E-state index in [4.69, 9.17) is 0 Å². The first-order chi connectivity index (χ1) is 10.0. The van der Waals surface area contributed by atoms with E-state index in [1.54, 1.807) is 12.1 Å². The number of hydrogen-bond acceptors (Lipinski definition) is 3. The van der Waals surface area contributed by atoms with Crippen molar-refractivity contribution in [2.45, 2.75) is 50.3 Å². The van der Waals surface area contributed by atoms with E-state index in [0.717, 1.165) is 38.5 Å². The first-order valence-corrected chi connectivity index (χ1v) is 9.17. The third kappa shape index (κ3) is 4.64.